The number of carboxylic acid groups (broad SMARTS) is 1. The van der Waals surface area contributed by atoms with Gasteiger partial charge in [0.2, 0.25) is 0 Å². The molecule has 0 aliphatic carbocycles. The van der Waals surface area contributed by atoms with E-state index in [1.165, 1.54) is 0 Å². The van der Waals surface area contributed by atoms with Crippen LogP contribution in [0, 0.1) is 11.3 Å². The van der Waals surface area contributed by atoms with Crippen molar-refractivity contribution in [3.8, 4) is 6.07 Å². The van der Waals surface area contributed by atoms with Crippen molar-refractivity contribution in [2.75, 3.05) is 13.1 Å². The van der Waals surface area contributed by atoms with Crippen molar-refractivity contribution in [1.82, 2.24) is 9.47 Å². The Morgan fingerprint density at radius 1 is 1.48 bits per heavy atom. The van der Waals surface area contributed by atoms with E-state index in [1.807, 2.05) is 6.07 Å². The summed E-state index contributed by atoms with van der Waals surface area (Å²) < 4.78 is 7.32. The van der Waals surface area contributed by atoms with Crippen molar-refractivity contribution in [2.45, 2.75) is 38.8 Å². The Labute approximate surface area is 142 Å². The van der Waals surface area contributed by atoms with Gasteiger partial charge in [-0.3, -0.25) is 0 Å². The molecule has 1 aliphatic rings. The second-order valence-electron chi connectivity index (χ2n) is 6.39. The van der Waals surface area contributed by atoms with Gasteiger partial charge >= 0.3 is 12.1 Å². The van der Waals surface area contributed by atoms with E-state index in [0.717, 1.165) is 0 Å². The molecule has 0 unspecified atom stereocenters. The minimum Gasteiger partial charge on any atom is -0.477 e. The Balaban J connectivity index is 2.22. The van der Waals surface area contributed by atoms with Gasteiger partial charge in [-0.1, -0.05) is 0 Å². The molecule has 0 spiro atoms. The maximum absolute atomic E-state index is 12.1. The molecule has 8 heteroatoms. The van der Waals surface area contributed by atoms with Crippen LogP contribution in [0.3, 0.4) is 0 Å². The number of nitrogens with zero attached hydrogens (tertiary/aromatic N) is 3. The highest BCUT2D eigenvalue weighted by atomic mass is 79.9. The fourth-order valence-corrected chi connectivity index (χ4v) is 3.06. The predicted octanol–water partition coefficient (Wildman–Crippen LogP) is 3.00. The number of hydrogen-bond donors (Lipinski definition) is 1. The number of carbonyl (C=O) groups excluding carboxylic acids is 1. The lowest BCUT2D eigenvalue weighted by molar-refractivity contribution is 0.0289. The first-order valence-corrected chi connectivity index (χ1v) is 7.95. The van der Waals surface area contributed by atoms with Gasteiger partial charge in [-0.2, -0.15) is 5.26 Å². The minimum absolute atomic E-state index is 0.0598. The number of likely N-dealkylation sites (tertiary alicyclic amines) is 1. The van der Waals surface area contributed by atoms with Gasteiger partial charge in [0.1, 0.15) is 17.4 Å². The highest BCUT2D eigenvalue weighted by Crippen LogP contribution is 2.30. The van der Waals surface area contributed by atoms with Gasteiger partial charge in [0, 0.05) is 19.3 Å². The number of amides is 1. The number of carbonyl (C=O) groups is 2. The summed E-state index contributed by atoms with van der Waals surface area (Å²) in [4.78, 5) is 25.1. The minimum atomic E-state index is -1.16. The third-order valence-corrected chi connectivity index (χ3v) is 4.11. The third-order valence-electron chi connectivity index (χ3n) is 3.51. The van der Waals surface area contributed by atoms with Crippen molar-refractivity contribution in [3.05, 3.63) is 21.9 Å². The van der Waals surface area contributed by atoms with Crippen molar-refractivity contribution < 1.29 is 19.4 Å². The van der Waals surface area contributed by atoms with Crippen LogP contribution in [0.15, 0.2) is 10.7 Å². The molecule has 1 saturated heterocycles. The smallest absolute Gasteiger partial charge is 0.410 e. The molecule has 0 bridgehead atoms. The first-order chi connectivity index (χ1) is 10.6. The maximum atomic E-state index is 12.1. The summed E-state index contributed by atoms with van der Waals surface area (Å²) in [6, 6.07) is 1.70. The zero-order chi connectivity index (χ0) is 17.4. The van der Waals surface area contributed by atoms with E-state index >= 15 is 0 Å². The molecule has 1 aromatic heterocycles. The Bertz CT molecular complexity index is 684. The maximum Gasteiger partial charge on any atom is 0.410 e. The van der Waals surface area contributed by atoms with Gasteiger partial charge in [0.05, 0.1) is 16.1 Å². The van der Waals surface area contributed by atoms with E-state index in [1.54, 1.807) is 36.4 Å². The van der Waals surface area contributed by atoms with Crippen molar-refractivity contribution in [3.63, 3.8) is 0 Å². The van der Waals surface area contributed by atoms with Crippen LogP contribution in [0.5, 0.6) is 0 Å². The summed E-state index contributed by atoms with van der Waals surface area (Å²) in [6.07, 6.45) is 1.78. The average Bonchev–Trinajstić information content (AvgIpc) is 3.00. The second kappa shape index (κ2) is 6.24. The Kier molecular flexibility index (Phi) is 4.71. The molecule has 124 valence electrons. The first-order valence-electron chi connectivity index (χ1n) is 7.15. The van der Waals surface area contributed by atoms with Crippen molar-refractivity contribution in [1.29, 1.82) is 5.26 Å². The SMILES string of the molecule is CC(C)(C)OC(=O)N1CC[C@@H](n2cc(Br)c(C#N)c2C(=O)O)C1. The lowest BCUT2D eigenvalue weighted by Gasteiger charge is -2.24. The molecule has 2 heterocycles. The molecule has 23 heavy (non-hydrogen) atoms. The summed E-state index contributed by atoms with van der Waals surface area (Å²) in [7, 11) is 0. The lowest BCUT2D eigenvalue weighted by Crippen LogP contribution is -2.35. The topological polar surface area (TPSA) is 95.6 Å². The fraction of sp³-hybridized carbons (Fsp3) is 0.533. The number of aromatic carboxylic acids is 1. The Hall–Kier alpha value is -2.01. The number of halogens is 1. The molecule has 2 rings (SSSR count). The van der Waals surface area contributed by atoms with E-state index < -0.39 is 17.7 Å². The standard InChI is InChI=1S/C15H18BrN3O4/c1-15(2,3)23-14(22)18-5-4-9(7-18)19-8-11(16)10(6-17)12(19)13(20)21/h8-9H,4-5,7H2,1-3H3,(H,20,21)/t9-/m1/s1. The molecule has 1 fully saturated rings. The molecule has 1 aliphatic heterocycles. The molecule has 1 N–H and O–H groups in total. The van der Waals surface area contributed by atoms with Crippen molar-refractivity contribution in [2.24, 2.45) is 0 Å². The van der Waals surface area contributed by atoms with Crippen LogP contribution in [0.25, 0.3) is 0 Å². The Morgan fingerprint density at radius 3 is 2.65 bits per heavy atom. The molecule has 0 saturated carbocycles. The summed E-state index contributed by atoms with van der Waals surface area (Å²) in [5.41, 5.74) is -0.546. The van der Waals surface area contributed by atoms with Crippen LogP contribution in [-0.4, -0.2) is 45.3 Å². The van der Waals surface area contributed by atoms with Gasteiger partial charge in [0.25, 0.3) is 0 Å². The highest BCUT2D eigenvalue weighted by molar-refractivity contribution is 9.10. The van der Waals surface area contributed by atoms with Crippen LogP contribution < -0.4 is 0 Å². The van der Waals surface area contributed by atoms with Crippen LogP contribution in [0.4, 0.5) is 4.79 Å². The number of hydrogen-bond acceptors (Lipinski definition) is 4. The first kappa shape index (κ1) is 17.3. The van der Waals surface area contributed by atoms with E-state index in [2.05, 4.69) is 15.9 Å². The zero-order valence-electron chi connectivity index (χ0n) is 13.2. The van der Waals surface area contributed by atoms with E-state index in [9.17, 15) is 14.7 Å². The van der Waals surface area contributed by atoms with Crippen LogP contribution in [-0.2, 0) is 4.74 Å². The zero-order valence-corrected chi connectivity index (χ0v) is 14.8. The number of rotatable bonds is 2. The molecular formula is C15H18BrN3O4. The van der Waals surface area contributed by atoms with E-state index in [4.69, 9.17) is 10.00 Å². The highest BCUT2D eigenvalue weighted by Gasteiger charge is 2.33. The van der Waals surface area contributed by atoms with Crippen LogP contribution in [0.1, 0.15) is 49.3 Å². The van der Waals surface area contributed by atoms with Crippen molar-refractivity contribution >= 4 is 28.0 Å². The number of carboxylic acids is 1. The molecule has 1 atom stereocenters. The largest absolute Gasteiger partial charge is 0.477 e. The quantitative estimate of drug-likeness (QED) is 0.846. The third kappa shape index (κ3) is 3.67. The van der Waals surface area contributed by atoms with E-state index in [0.29, 0.717) is 24.0 Å². The Morgan fingerprint density at radius 2 is 2.13 bits per heavy atom. The van der Waals surface area contributed by atoms with Gasteiger partial charge in [-0.25, -0.2) is 9.59 Å². The molecular weight excluding hydrogens is 366 g/mol. The molecule has 1 amide bonds. The summed E-state index contributed by atoms with van der Waals surface area (Å²) in [5.74, 6) is -1.16. The second-order valence-corrected chi connectivity index (χ2v) is 7.25. The monoisotopic (exact) mass is 383 g/mol. The van der Waals surface area contributed by atoms with E-state index in [-0.39, 0.29) is 17.3 Å². The normalized spacial score (nSPS) is 17.9. The average molecular weight is 384 g/mol. The summed E-state index contributed by atoms with van der Waals surface area (Å²) in [5, 5.41) is 18.5. The molecule has 0 aromatic carbocycles. The van der Waals surface area contributed by atoms with Gasteiger partial charge in [-0.15, -0.1) is 0 Å². The number of aromatic nitrogens is 1. The van der Waals surface area contributed by atoms with Crippen LogP contribution >= 0.6 is 15.9 Å². The molecule has 0 radical (unpaired) electrons. The molecule has 7 nitrogen and oxygen atoms in total. The fourth-order valence-electron chi connectivity index (χ4n) is 2.57. The van der Waals surface area contributed by atoms with Gasteiger partial charge < -0.3 is 19.3 Å². The predicted molar refractivity (Wildman–Crippen MR) is 85.3 cm³/mol. The van der Waals surface area contributed by atoms with Crippen LogP contribution in [0.2, 0.25) is 0 Å². The summed E-state index contributed by atoms with van der Waals surface area (Å²) >= 11 is 3.22. The van der Waals surface area contributed by atoms with Gasteiger partial charge in [-0.05, 0) is 43.1 Å². The van der Waals surface area contributed by atoms with Gasteiger partial charge in [0.15, 0.2) is 0 Å². The lowest BCUT2D eigenvalue weighted by atomic mass is 10.2. The number of ether oxygens (including phenoxy) is 1. The summed E-state index contributed by atoms with van der Waals surface area (Å²) in [6.45, 7) is 6.22. The molecule has 1 aromatic rings. The number of nitriles is 1.